The number of aromatic hydroxyl groups is 3. The molecule has 3 aromatic carbocycles. The Morgan fingerprint density at radius 1 is 0.880 bits per heavy atom. The lowest BCUT2D eigenvalue weighted by Crippen LogP contribution is -2.03. The molecule has 0 spiro atoms. The van der Waals surface area contributed by atoms with Crippen molar-refractivity contribution in [3.05, 3.63) is 59.1 Å². The Labute approximate surface area is 153 Å². The monoisotopic (exact) mass is 374 g/mol. The average Bonchev–Trinajstić information content (AvgIpc) is 2.62. The van der Waals surface area contributed by atoms with Crippen molar-refractivity contribution in [2.45, 2.75) is 11.3 Å². The van der Waals surface area contributed by atoms with Gasteiger partial charge in [0.25, 0.3) is 0 Å². The van der Waals surface area contributed by atoms with E-state index in [0.29, 0.717) is 21.5 Å². The standard InChI is InChI=1S/C19H15ClO4S/c20-13-7-3-4-8-15(13)25-10-9-14(21)16-11-5-1-2-6-12(11)17(22)19(24)18(16)23/h1-8,22-24H,9-10H2. The molecule has 0 heterocycles. The first kappa shape index (κ1) is 17.5. The van der Waals surface area contributed by atoms with Crippen molar-refractivity contribution in [1.29, 1.82) is 0 Å². The van der Waals surface area contributed by atoms with E-state index in [9.17, 15) is 20.1 Å². The normalized spacial score (nSPS) is 10.9. The number of hydrogen-bond donors (Lipinski definition) is 3. The van der Waals surface area contributed by atoms with Crippen LogP contribution in [0.25, 0.3) is 10.8 Å². The number of carbonyl (C=O) groups excluding carboxylic acids is 1. The number of rotatable bonds is 5. The zero-order valence-electron chi connectivity index (χ0n) is 13.1. The van der Waals surface area contributed by atoms with Crippen molar-refractivity contribution in [2.24, 2.45) is 0 Å². The van der Waals surface area contributed by atoms with Crippen LogP contribution in [-0.4, -0.2) is 26.9 Å². The zero-order chi connectivity index (χ0) is 18.0. The molecule has 0 aliphatic heterocycles. The molecule has 0 aromatic heterocycles. The molecular weight excluding hydrogens is 360 g/mol. The van der Waals surface area contributed by atoms with Crippen LogP contribution in [0.5, 0.6) is 17.2 Å². The lowest BCUT2D eigenvalue weighted by atomic mass is 9.97. The van der Waals surface area contributed by atoms with Crippen LogP contribution >= 0.6 is 23.4 Å². The van der Waals surface area contributed by atoms with Crippen LogP contribution in [0.1, 0.15) is 16.8 Å². The Morgan fingerprint density at radius 2 is 1.52 bits per heavy atom. The Hall–Kier alpha value is -2.37. The molecule has 0 unspecified atom stereocenters. The maximum atomic E-state index is 12.6. The Balaban J connectivity index is 1.86. The van der Waals surface area contributed by atoms with Crippen LogP contribution in [0.4, 0.5) is 0 Å². The molecule has 0 saturated heterocycles. The molecule has 3 aromatic rings. The number of benzene rings is 3. The number of ketones is 1. The van der Waals surface area contributed by atoms with Gasteiger partial charge < -0.3 is 15.3 Å². The maximum absolute atomic E-state index is 12.6. The summed E-state index contributed by atoms with van der Waals surface area (Å²) in [5.74, 6) is -1.55. The van der Waals surface area contributed by atoms with Gasteiger partial charge in [0, 0.05) is 27.8 Å². The van der Waals surface area contributed by atoms with Gasteiger partial charge in [0.2, 0.25) is 5.75 Å². The highest BCUT2D eigenvalue weighted by Gasteiger charge is 2.22. The van der Waals surface area contributed by atoms with Crippen molar-refractivity contribution >= 4 is 39.9 Å². The molecule has 128 valence electrons. The number of thioether (sulfide) groups is 1. The van der Waals surface area contributed by atoms with E-state index in [-0.39, 0.29) is 17.8 Å². The molecule has 4 nitrogen and oxygen atoms in total. The first-order valence-corrected chi connectivity index (χ1v) is 8.93. The van der Waals surface area contributed by atoms with Crippen molar-refractivity contribution in [2.75, 3.05) is 5.75 Å². The lowest BCUT2D eigenvalue weighted by Gasteiger charge is -2.12. The highest BCUT2D eigenvalue weighted by atomic mass is 35.5. The van der Waals surface area contributed by atoms with Gasteiger partial charge in [-0.15, -0.1) is 11.8 Å². The minimum absolute atomic E-state index is 0.0191. The van der Waals surface area contributed by atoms with Gasteiger partial charge >= 0.3 is 0 Å². The molecular formula is C19H15ClO4S. The number of phenolic OH excluding ortho intramolecular Hbond substituents is 3. The highest BCUT2D eigenvalue weighted by Crippen LogP contribution is 2.45. The van der Waals surface area contributed by atoms with Crippen LogP contribution in [0, 0.1) is 0 Å². The van der Waals surface area contributed by atoms with E-state index in [1.165, 1.54) is 11.8 Å². The van der Waals surface area contributed by atoms with E-state index in [1.807, 2.05) is 18.2 Å². The third-order valence-corrected chi connectivity index (χ3v) is 5.36. The first-order valence-electron chi connectivity index (χ1n) is 7.56. The molecule has 0 radical (unpaired) electrons. The van der Waals surface area contributed by atoms with Gasteiger partial charge in [0.1, 0.15) is 0 Å². The van der Waals surface area contributed by atoms with Gasteiger partial charge in [-0.25, -0.2) is 0 Å². The minimum atomic E-state index is -0.680. The number of fused-ring (bicyclic) bond motifs is 1. The largest absolute Gasteiger partial charge is 0.504 e. The maximum Gasteiger partial charge on any atom is 0.201 e. The van der Waals surface area contributed by atoms with Crippen molar-refractivity contribution in [3.8, 4) is 17.2 Å². The number of Topliss-reactive ketones (excluding diaryl/α,β-unsaturated/α-hetero) is 1. The van der Waals surface area contributed by atoms with E-state index < -0.39 is 17.2 Å². The predicted octanol–water partition coefficient (Wildman–Crippen LogP) is 4.98. The molecule has 0 saturated carbocycles. The summed E-state index contributed by atoms with van der Waals surface area (Å²) >= 11 is 7.53. The molecule has 25 heavy (non-hydrogen) atoms. The summed E-state index contributed by atoms with van der Waals surface area (Å²) in [6.45, 7) is 0. The molecule has 0 fully saturated rings. The van der Waals surface area contributed by atoms with E-state index in [1.54, 1.807) is 30.3 Å². The fourth-order valence-electron chi connectivity index (χ4n) is 2.62. The predicted molar refractivity (Wildman–Crippen MR) is 100 cm³/mol. The van der Waals surface area contributed by atoms with Gasteiger partial charge in [0.15, 0.2) is 17.3 Å². The van der Waals surface area contributed by atoms with E-state index in [4.69, 9.17) is 11.6 Å². The summed E-state index contributed by atoms with van der Waals surface area (Å²) in [6.07, 6.45) is 0.150. The summed E-state index contributed by atoms with van der Waals surface area (Å²) in [6, 6.07) is 13.9. The van der Waals surface area contributed by atoms with Crippen molar-refractivity contribution in [1.82, 2.24) is 0 Å². The van der Waals surface area contributed by atoms with Crippen LogP contribution in [0.3, 0.4) is 0 Å². The van der Waals surface area contributed by atoms with Crippen molar-refractivity contribution < 1.29 is 20.1 Å². The molecule has 0 aliphatic carbocycles. The van der Waals surface area contributed by atoms with E-state index in [2.05, 4.69) is 0 Å². The van der Waals surface area contributed by atoms with Gasteiger partial charge in [-0.3, -0.25) is 4.79 Å². The molecule has 6 heteroatoms. The fourth-order valence-corrected chi connectivity index (χ4v) is 3.80. The fraction of sp³-hybridized carbons (Fsp3) is 0.105. The summed E-state index contributed by atoms with van der Waals surface area (Å²) < 4.78 is 0. The molecule has 3 N–H and O–H groups in total. The number of phenols is 3. The average molecular weight is 375 g/mol. The molecule has 0 aliphatic rings. The number of halogens is 1. The molecule has 0 amide bonds. The molecule has 0 bridgehead atoms. The van der Waals surface area contributed by atoms with Gasteiger partial charge in [-0.2, -0.15) is 0 Å². The Morgan fingerprint density at radius 3 is 2.24 bits per heavy atom. The summed E-state index contributed by atoms with van der Waals surface area (Å²) in [5.41, 5.74) is 0.0191. The SMILES string of the molecule is O=C(CCSc1ccccc1Cl)c1c(O)c(O)c(O)c2ccccc12. The third-order valence-electron chi connectivity index (χ3n) is 3.84. The third kappa shape index (κ3) is 3.38. The second kappa shape index (κ2) is 7.25. The summed E-state index contributed by atoms with van der Waals surface area (Å²) in [4.78, 5) is 13.5. The minimum Gasteiger partial charge on any atom is -0.504 e. The second-order valence-corrected chi connectivity index (χ2v) is 6.96. The molecule has 3 rings (SSSR count). The zero-order valence-corrected chi connectivity index (χ0v) is 14.6. The van der Waals surface area contributed by atoms with Gasteiger partial charge in [0.05, 0.1) is 10.6 Å². The topological polar surface area (TPSA) is 77.8 Å². The van der Waals surface area contributed by atoms with Gasteiger partial charge in [-0.1, -0.05) is 48.0 Å². The number of hydrogen-bond acceptors (Lipinski definition) is 5. The van der Waals surface area contributed by atoms with Crippen LogP contribution < -0.4 is 0 Å². The quantitative estimate of drug-likeness (QED) is 0.333. The van der Waals surface area contributed by atoms with Crippen molar-refractivity contribution in [3.63, 3.8) is 0 Å². The Kier molecular flexibility index (Phi) is 5.06. The van der Waals surface area contributed by atoms with E-state index in [0.717, 1.165) is 4.90 Å². The van der Waals surface area contributed by atoms with Gasteiger partial charge in [-0.05, 0) is 12.1 Å². The Bertz CT molecular complexity index is 956. The summed E-state index contributed by atoms with van der Waals surface area (Å²) in [5, 5.41) is 31.4. The highest BCUT2D eigenvalue weighted by molar-refractivity contribution is 7.99. The lowest BCUT2D eigenvalue weighted by molar-refractivity contribution is 0.0988. The number of carbonyl (C=O) groups is 1. The van der Waals surface area contributed by atoms with Crippen LogP contribution in [0.2, 0.25) is 5.02 Å². The smallest absolute Gasteiger partial charge is 0.201 e. The first-order chi connectivity index (χ1) is 12.0. The molecule has 0 atom stereocenters. The second-order valence-electron chi connectivity index (χ2n) is 5.42. The summed E-state index contributed by atoms with van der Waals surface area (Å²) in [7, 11) is 0. The van der Waals surface area contributed by atoms with Crippen LogP contribution in [0.15, 0.2) is 53.4 Å². The van der Waals surface area contributed by atoms with Crippen LogP contribution in [-0.2, 0) is 0 Å². The van der Waals surface area contributed by atoms with E-state index >= 15 is 0 Å².